The molecule has 0 aromatic carbocycles. The third-order valence-electron chi connectivity index (χ3n) is 4.83. The highest BCUT2D eigenvalue weighted by Gasteiger charge is 2.42. The van der Waals surface area contributed by atoms with E-state index in [9.17, 15) is 4.79 Å². The zero-order chi connectivity index (χ0) is 15.9. The van der Waals surface area contributed by atoms with Crippen molar-refractivity contribution in [1.29, 1.82) is 0 Å². The molecule has 6 nitrogen and oxygen atoms in total. The lowest BCUT2D eigenvalue weighted by atomic mass is 10.1. The number of amides is 1. The molecule has 0 unspecified atom stereocenters. The monoisotopic (exact) mass is 305 g/mol. The van der Waals surface area contributed by atoms with E-state index >= 15 is 0 Å². The van der Waals surface area contributed by atoms with Crippen LogP contribution >= 0.6 is 0 Å². The lowest BCUT2D eigenvalue weighted by Crippen LogP contribution is -2.43. The van der Waals surface area contributed by atoms with Crippen LogP contribution in [-0.4, -0.2) is 53.6 Å². The van der Waals surface area contributed by atoms with Crippen molar-refractivity contribution in [2.24, 2.45) is 0 Å². The molecule has 2 saturated heterocycles. The Kier molecular flexibility index (Phi) is 3.95. The Bertz CT molecular complexity index is 595. The molecule has 1 amide bonds. The van der Waals surface area contributed by atoms with E-state index in [-0.39, 0.29) is 18.0 Å². The van der Waals surface area contributed by atoms with Crippen molar-refractivity contribution in [2.45, 2.75) is 44.9 Å². The van der Waals surface area contributed by atoms with Gasteiger partial charge < -0.3 is 19.1 Å². The minimum absolute atomic E-state index is 0.0421. The molecule has 3 heterocycles. The normalized spacial score (nSPS) is 24.8. The zero-order valence-corrected chi connectivity index (χ0v) is 13.5. The number of fused-ring (bicyclic) bond motifs is 2. The summed E-state index contributed by atoms with van der Waals surface area (Å²) in [5.41, 5.74) is 2.24. The summed E-state index contributed by atoms with van der Waals surface area (Å²) in [5, 5.41) is 3.99. The number of aryl methyl sites for hydroxylation is 1. The van der Waals surface area contributed by atoms with Gasteiger partial charge in [-0.1, -0.05) is 11.7 Å². The molecule has 1 aromatic heterocycles. The number of hydrogen-bond acceptors (Lipinski definition) is 5. The number of likely N-dealkylation sites (tertiary alicyclic amines) is 1. The standard InChI is InChI=1S/C16H23N3O3/c1-10-7-12-5-6-13(8-18(10)3)19(12)16(20)15-14(9-21-4)11(2)22-17-15/h12-13H,1,5-9H2,2-4H3/t12-,13+/m1/s1. The van der Waals surface area contributed by atoms with Crippen LogP contribution in [0.15, 0.2) is 16.8 Å². The van der Waals surface area contributed by atoms with Crippen molar-refractivity contribution >= 4 is 5.91 Å². The molecule has 22 heavy (non-hydrogen) atoms. The molecule has 2 aliphatic rings. The first-order valence-corrected chi connectivity index (χ1v) is 7.68. The number of likely N-dealkylation sites (N-methyl/N-ethyl adjacent to an activating group) is 1. The van der Waals surface area contributed by atoms with Gasteiger partial charge in [-0.25, -0.2) is 0 Å². The summed E-state index contributed by atoms with van der Waals surface area (Å²) in [7, 11) is 3.65. The largest absolute Gasteiger partial charge is 0.380 e. The minimum atomic E-state index is -0.0421. The van der Waals surface area contributed by atoms with E-state index in [1.54, 1.807) is 7.11 Å². The lowest BCUT2D eigenvalue weighted by Gasteiger charge is -2.27. The van der Waals surface area contributed by atoms with E-state index in [2.05, 4.69) is 16.6 Å². The highest BCUT2D eigenvalue weighted by Crippen LogP contribution is 2.34. The van der Waals surface area contributed by atoms with Gasteiger partial charge in [0.15, 0.2) is 5.69 Å². The summed E-state index contributed by atoms with van der Waals surface area (Å²) < 4.78 is 10.4. The SMILES string of the molecule is C=C1C[C@H]2CC[C@@H](CN1C)N2C(=O)c1noc(C)c1COC. The van der Waals surface area contributed by atoms with Crippen molar-refractivity contribution in [1.82, 2.24) is 15.0 Å². The Morgan fingerprint density at radius 2 is 2.18 bits per heavy atom. The van der Waals surface area contributed by atoms with Crippen LogP contribution in [-0.2, 0) is 11.3 Å². The molecular formula is C16H23N3O3. The number of carbonyl (C=O) groups excluding carboxylic acids is 1. The maximum absolute atomic E-state index is 13.0. The summed E-state index contributed by atoms with van der Waals surface area (Å²) in [5.74, 6) is 0.605. The van der Waals surface area contributed by atoms with E-state index in [1.807, 2.05) is 18.9 Å². The lowest BCUT2D eigenvalue weighted by molar-refractivity contribution is 0.0658. The number of aromatic nitrogens is 1. The average Bonchev–Trinajstić information content (AvgIpc) is 3.00. The van der Waals surface area contributed by atoms with Gasteiger partial charge in [0.25, 0.3) is 5.91 Å². The minimum Gasteiger partial charge on any atom is -0.380 e. The molecule has 0 saturated carbocycles. The Morgan fingerprint density at radius 1 is 1.45 bits per heavy atom. The van der Waals surface area contributed by atoms with E-state index in [4.69, 9.17) is 9.26 Å². The van der Waals surface area contributed by atoms with Gasteiger partial charge in [0.1, 0.15) is 5.76 Å². The van der Waals surface area contributed by atoms with E-state index in [0.29, 0.717) is 18.1 Å². The molecule has 0 spiro atoms. The maximum Gasteiger partial charge on any atom is 0.277 e. The molecule has 6 heteroatoms. The summed E-state index contributed by atoms with van der Waals surface area (Å²) in [6, 6.07) is 0.427. The smallest absolute Gasteiger partial charge is 0.277 e. The molecule has 0 radical (unpaired) electrons. The second-order valence-electron chi connectivity index (χ2n) is 6.25. The van der Waals surface area contributed by atoms with Crippen molar-refractivity contribution in [2.75, 3.05) is 20.7 Å². The summed E-state index contributed by atoms with van der Waals surface area (Å²) in [6.07, 6.45) is 2.89. The van der Waals surface area contributed by atoms with Crippen molar-refractivity contribution in [3.05, 3.63) is 29.3 Å². The van der Waals surface area contributed by atoms with Gasteiger partial charge in [0.05, 0.1) is 12.2 Å². The van der Waals surface area contributed by atoms with Crippen LogP contribution in [0.25, 0.3) is 0 Å². The molecule has 2 bridgehead atoms. The van der Waals surface area contributed by atoms with Crippen LogP contribution in [0.3, 0.4) is 0 Å². The summed E-state index contributed by atoms with van der Waals surface area (Å²) in [4.78, 5) is 17.2. The van der Waals surface area contributed by atoms with E-state index in [1.165, 1.54) is 0 Å². The fourth-order valence-electron chi connectivity index (χ4n) is 3.54. The predicted octanol–water partition coefficient (Wildman–Crippen LogP) is 1.95. The number of hydrogen-bond donors (Lipinski definition) is 0. The Hall–Kier alpha value is -1.82. The molecule has 2 fully saturated rings. The summed E-state index contributed by atoms with van der Waals surface area (Å²) in [6.45, 7) is 7.11. The van der Waals surface area contributed by atoms with Gasteiger partial charge in [0.2, 0.25) is 0 Å². The Morgan fingerprint density at radius 3 is 2.91 bits per heavy atom. The number of nitrogens with zero attached hydrogens (tertiary/aromatic N) is 3. The van der Waals surface area contributed by atoms with Gasteiger partial charge in [-0.05, 0) is 19.8 Å². The molecule has 0 N–H and O–H groups in total. The first-order valence-electron chi connectivity index (χ1n) is 7.68. The molecular weight excluding hydrogens is 282 g/mol. The van der Waals surface area contributed by atoms with Gasteiger partial charge in [0, 0.05) is 44.9 Å². The Labute approximate surface area is 130 Å². The number of rotatable bonds is 3. The molecule has 2 aliphatic heterocycles. The Balaban J connectivity index is 1.90. The number of methoxy groups -OCH3 is 1. The number of ether oxygens (including phenoxy) is 1. The van der Waals surface area contributed by atoms with Gasteiger partial charge in [-0.2, -0.15) is 0 Å². The molecule has 2 atom stereocenters. The van der Waals surface area contributed by atoms with Crippen LogP contribution in [0.1, 0.15) is 41.1 Å². The molecule has 3 rings (SSSR count). The van der Waals surface area contributed by atoms with E-state index in [0.717, 1.165) is 37.1 Å². The van der Waals surface area contributed by atoms with Crippen LogP contribution in [0.5, 0.6) is 0 Å². The van der Waals surface area contributed by atoms with Crippen molar-refractivity contribution in [3.63, 3.8) is 0 Å². The fraction of sp³-hybridized carbons (Fsp3) is 0.625. The van der Waals surface area contributed by atoms with Crippen molar-refractivity contribution < 1.29 is 14.1 Å². The van der Waals surface area contributed by atoms with Crippen LogP contribution in [0.2, 0.25) is 0 Å². The van der Waals surface area contributed by atoms with E-state index < -0.39 is 0 Å². The van der Waals surface area contributed by atoms with Crippen LogP contribution in [0, 0.1) is 6.92 Å². The second-order valence-corrected chi connectivity index (χ2v) is 6.25. The number of carbonyl (C=O) groups is 1. The fourth-order valence-corrected chi connectivity index (χ4v) is 3.54. The molecule has 1 aromatic rings. The topological polar surface area (TPSA) is 58.8 Å². The maximum atomic E-state index is 13.0. The highest BCUT2D eigenvalue weighted by atomic mass is 16.5. The second kappa shape index (κ2) is 5.76. The van der Waals surface area contributed by atoms with Gasteiger partial charge in [-0.3, -0.25) is 4.79 Å². The van der Waals surface area contributed by atoms with Crippen LogP contribution in [0.4, 0.5) is 0 Å². The third-order valence-corrected chi connectivity index (χ3v) is 4.83. The third kappa shape index (κ3) is 2.41. The molecule has 0 aliphatic carbocycles. The average molecular weight is 305 g/mol. The van der Waals surface area contributed by atoms with Gasteiger partial charge in [-0.15, -0.1) is 0 Å². The van der Waals surface area contributed by atoms with Gasteiger partial charge >= 0.3 is 0 Å². The summed E-state index contributed by atoms with van der Waals surface area (Å²) >= 11 is 0. The first-order chi connectivity index (χ1) is 10.5. The quantitative estimate of drug-likeness (QED) is 0.854. The first kappa shape index (κ1) is 15.1. The van der Waals surface area contributed by atoms with Crippen LogP contribution < -0.4 is 0 Å². The zero-order valence-electron chi connectivity index (χ0n) is 13.5. The molecule has 120 valence electrons. The van der Waals surface area contributed by atoms with Crippen molar-refractivity contribution in [3.8, 4) is 0 Å². The predicted molar refractivity (Wildman–Crippen MR) is 81.3 cm³/mol. The highest BCUT2D eigenvalue weighted by molar-refractivity contribution is 5.94.